The predicted octanol–water partition coefficient (Wildman–Crippen LogP) is 4.41. The van der Waals surface area contributed by atoms with Crippen molar-refractivity contribution in [3.8, 4) is 5.75 Å². The van der Waals surface area contributed by atoms with Crippen molar-refractivity contribution in [3.05, 3.63) is 84.2 Å². The van der Waals surface area contributed by atoms with E-state index in [1.165, 1.54) is 0 Å². The van der Waals surface area contributed by atoms with Crippen molar-refractivity contribution < 1.29 is 9.53 Å². The SMILES string of the molecule is CCOc1ccccc1CN1C[C@H](Sc2nc3ccccc3[nH]2)C[C@H]1C(=O)NCc1cccnc1. The maximum atomic E-state index is 13.3. The summed E-state index contributed by atoms with van der Waals surface area (Å²) in [5.74, 6) is 0.911. The Bertz CT molecular complexity index is 1250. The second kappa shape index (κ2) is 10.9. The van der Waals surface area contributed by atoms with Crippen LogP contribution in [0.3, 0.4) is 0 Å². The van der Waals surface area contributed by atoms with Gasteiger partial charge in [-0.2, -0.15) is 0 Å². The van der Waals surface area contributed by atoms with Crippen molar-refractivity contribution in [2.75, 3.05) is 13.2 Å². The Morgan fingerprint density at radius 2 is 2.03 bits per heavy atom. The van der Waals surface area contributed by atoms with Crippen LogP contribution in [0.2, 0.25) is 0 Å². The van der Waals surface area contributed by atoms with Crippen molar-refractivity contribution in [1.82, 2.24) is 25.2 Å². The fourth-order valence-corrected chi connectivity index (χ4v) is 5.68. The molecule has 0 spiro atoms. The van der Waals surface area contributed by atoms with Gasteiger partial charge in [0.25, 0.3) is 0 Å². The van der Waals surface area contributed by atoms with E-state index >= 15 is 0 Å². The van der Waals surface area contributed by atoms with Gasteiger partial charge in [0.1, 0.15) is 5.75 Å². The molecule has 0 radical (unpaired) electrons. The third-order valence-corrected chi connectivity index (χ3v) is 7.24. The van der Waals surface area contributed by atoms with E-state index in [4.69, 9.17) is 9.72 Å². The van der Waals surface area contributed by atoms with E-state index < -0.39 is 0 Å². The monoisotopic (exact) mass is 487 g/mol. The number of benzene rings is 2. The van der Waals surface area contributed by atoms with Crippen LogP contribution in [0.25, 0.3) is 11.0 Å². The lowest BCUT2D eigenvalue weighted by molar-refractivity contribution is -0.125. The van der Waals surface area contributed by atoms with E-state index in [2.05, 4.69) is 26.3 Å². The van der Waals surface area contributed by atoms with E-state index in [1.54, 1.807) is 24.2 Å². The van der Waals surface area contributed by atoms with Crippen molar-refractivity contribution in [2.24, 2.45) is 0 Å². The molecule has 2 atom stereocenters. The Morgan fingerprint density at radius 1 is 1.17 bits per heavy atom. The number of imidazole rings is 1. The van der Waals surface area contributed by atoms with Crippen LogP contribution in [0.1, 0.15) is 24.5 Å². The molecular weight excluding hydrogens is 458 g/mol. The molecule has 35 heavy (non-hydrogen) atoms. The molecule has 4 aromatic rings. The van der Waals surface area contributed by atoms with Crippen molar-refractivity contribution in [2.45, 2.75) is 42.9 Å². The molecule has 2 N–H and O–H groups in total. The van der Waals surface area contributed by atoms with Crippen LogP contribution in [0.5, 0.6) is 5.75 Å². The van der Waals surface area contributed by atoms with Gasteiger partial charge >= 0.3 is 0 Å². The highest BCUT2D eigenvalue weighted by Crippen LogP contribution is 2.34. The van der Waals surface area contributed by atoms with Crippen LogP contribution in [0.4, 0.5) is 0 Å². The van der Waals surface area contributed by atoms with E-state index in [9.17, 15) is 4.79 Å². The molecule has 0 saturated carbocycles. The summed E-state index contributed by atoms with van der Waals surface area (Å²) in [5.41, 5.74) is 4.07. The van der Waals surface area contributed by atoms with Gasteiger partial charge in [0.05, 0.1) is 23.7 Å². The van der Waals surface area contributed by atoms with Gasteiger partial charge in [-0.25, -0.2) is 4.98 Å². The minimum atomic E-state index is -0.233. The molecule has 2 aromatic heterocycles. The zero-order chi connectivity index (χ0) is 24.0. The Hall–Kier alpha value is -3.36. The van der Waals surface area contributed by atoms with E-state index in [0.29, 0.717) is 19.7 Å². The molecule has 1 fully saturated rings. The Kier molecular flexibility index (Phi) is 7.30. The molecule has 1 amide bonds. The van der Waals surface area contributed by atoms with E-state index in [-0.39, 0.29) is 17.2 Å². The van der Waals surface area contributed by atoms with Crippen LogP contribution < -0.4 is 10.1 Å². The zero-order valence-electron chi connectivity index (χ0n) is 19.7. The number of fused-ring (bicyclic) bond motifs is 1. The van der Waals surface area contributed by atoms with Crippen LogP contribution in [-0.2, 0) is 17.9 Å². The first-order chi connectivity index (χ1) is 17.2. The first-order valence-electron chi connectivity index (χ1n) is 11.9. The Morgan fingerprint density at radius 3 is 2.86 bits per heavy atom. The number of para-hydroxylation sites is 3. The highest BCUT2D eigenvalue weighted by molar-refractivity contribution is 7.99. The van der Waals surface area contributed by atoms with Crippen LogP contribution >= 0.6 is 11.8 Å². The predicted molar refractivity (Wildman–Crippen MR) is 138 cm³/mol. The maximum absolute atomic E-state index is 13.3. The quantitative estimate of drug-likeness (QED) is 0.364. The van der Waals surface area contributed by atoms with Crippen molar-refractivity contribution in [1.29, 1.82) is 0 Å². The number of thioether (sulfide) groups is 1. The molecule has 0 unspecified atom stereocenters. The highest BCUT2D eigenvalue weighted by Gasteiger charge is 2.38. The number of nitrogens with one attached hydrogen (secondary N) is 2. The summed E-state index contributed by atoms with van der Waals surface area (Å²) in [4.78, 5) is 27.9. The first-order valence-corrected chi connectivity index (χ1v) is 12.8. The molecule has 5 rings (SSSR count). The van der Waals surface area contributed by atoms with Gasteiger partial charge < -0.3 is 15.0 Å². The molecule has 7 nitrogen and oxygen atoms in total. The number of carbonyl (C=O) groups excluding carboxylic acids is 1. The van der Waals surface area contributed by atoms with Gasteiger partial charge in [-0.05, 0) is 43.2 Å². The molecular formula is C27H29N5O2S. The fraction of sp³-hybridized carbons (Fsp3) is 0.296. The second-order valence-electron chi connectivity index (χ2n) is 8.60. The number of amides is 1. The number of hydrogen-bond acceptors (Lipinski definition) is 6. The fourth-order valence-electron chi connectivity index (χ4n) is 4.50. The number of carbonyl (C=O) groups is 1. The van der Waals surface area contributed by atoms with Crippen molar-refractivity contribution >= 4 is 28.7 Å². The molecule has 0 aliphatic carbocycles. The minimum absolute atomic E-state index is 0.0375. The van der Waals surface area contributed by atoms with E-state index in [1.807, 2.05) is 61.5 Å². The molecule has 1 saturated heterocycles. The minimum Gasteiger partial charge on any atom is -0.494 e. The lowest BCUT2D eigenvalue weighted by atomic mass is 10.1. The summed E-state index contributed by atoms with van der Waals surface area (Å²) in [5, 5.41) is 4.25. The van der Waals surface area contributed by atoms with Gasteiger partial charge in [0.15, 0.2) is 5.16 Å². The zero-order valence-corrected chi connectivity index (χ0v) is 20.5. The Balaban J connectivity index is 1.33. The number of ether oxygens (including phenoxy) is 1. The van der Waals surface area contributed by atoms with E-state index in [0.717, 1.165) is 46.0 Å². The normalized spacial score (nSPS) is 18.1. The number of pyridine rings is 1. The largest absolute Gasteiger partial charge is 0.494 e. The number of aromatic nitrogens is 3. The number of nitrogens with zero attached hydrogens (tertiary/aromatic N) is 3. The molecule has 0 bridgehead atoms. The number of likely N-dealkylation sites (tertiary alicyclic amines) is 1. The maximum Gasteiger partial charge on any atom is 0.237 e. The molecule has 3 heterocycles. The van der Waals surface area contributed by atoms with Crippen LogP contribution in [-0.4, -0.2) is 50.2 Å². The summed E-state index contributed by atoms with van der Waals surface area (Å²) in [6.45, 7) is 4.50. The average Bonchev–Trinajstić information content (AvgIpc) is 3.48. The second-order valence-corrected chi connectivity index (χ2v) is 9.89. The first kappa shape index (κ1) is 23.4. The number of hydrogen-bond donors (Lipinski definition) is 2. The average molecular weight is 488 g/mol. The van der Waals surface area contributed by atoms with Gasteiger partial charge in [-0.3, -0.25) is 14.7 Å². The molecule has 2 aromatic carbocycles. The molecule has 180 valence electrons. The third kappa shape index (κ3) is 5.66. The summed E-state index contributed by atoms with van der Waals surface area (Å²) in [6.07, 6.45) is 4.27. The van der Waals surface area contributed by atoms with Crippen LogP contribution in [0.15, 0.2) is 78.2 Å². The molecule has 1 aliphatic rings. The number of rotatable bonds is 9. The highest BCUT2D eigenvalue weighted by atomic mass is 32.2. The summed E-state index contributed by atoms with van der Waals surface area (Å²) < 4.78 is 5.85. The van der Waals surface area contributed by atoms with Crippen LogP contribution in [0, 0.1) is 0 Å². The Labute approximate surface area is 209 Å². The van der Waals surface area contributed by atoms with Gasteiger partial charge in [-0.15, -0.1) is 0 Å². The van der Waals surface area contributed by atoms with Gasteiger partial charge in [0, 0.05) is 42.8 Å². The standard InChI is InChI=1S/C27H29N5O2S/c1-2-34-25-12-6-3-9-20(25)17-32-18-21(35-27-30-22-10-4-5-11-23(22)31-27)14-24(32)26(33)29-16-19-8-7-13-28-15-19/h3-13,15,21,24H,2,14,16-18H2,1H3,(H,29,33)(H,30,31)/t21-,24+/m1/s1. The smallest absolute Gasteiger partial charge is 0.237 e. The number of H-pyrrole nitrogens is 1. The number of aromatic amines is 1. The topological polar surface area (TPSA) is 83.1 Å². The van der Waals surface area contributed by atoms with Gasteiger partial charge in [-0.1, -0.05) is 48.2 Å². The lowest BCUT2D eigenvalue weighted by Crippen LogP contribution is -2.42. The van der Waals surface area contributed by atoms with Crippen molar-refractivity contribution in [3.63, 3.8) is 0 Å². The summed E-state index contributed by atoms with van der Waals surface area (Å²) in [6, 6.07) is 19.7. The summed E-state index contributed by atoms with van der Waals surface area (Å²) in [7, 11) is 0. The molecule has 1 aliphatic heterocycles. The summed E-state index contributed by atoms with van der Waals surface area (Å²) >= 11 is 1.71. The third-order valence-electron chi connectivity index (χ3n) is 6.15. The lowest BCUT2D eigenvalue weighted by Gasteiger charge is -2.24. The van der Waals surface area contributed by atoms with Gasteiger partial charge in [0.2, 0.25) is 5.91 Å². The molecule has 8 heteroatoms.